The molecule has 1 amide bonds. The number of alkyl halides is 1. The first kappa shape index (κ1) is 18.3. The zero-order valence-electron chi connectivity index (χ0n) is 14.2. The lowest BCUT2D eigenvalue weighted by atomic mass is 9.88. The maximum Gasteiger partial charge on any atom is 0.227 e. The van der Waals surface area contributed by atoms with E-state index in [4.69, 9.17) is 4.74 Å². The molecule has 1 aliphatic rings. The summed E-state index contributed by atoms with van der Waals surface area (Å²) in [5.74, 6) is 1.08. The second-order valence-electron chi connectivity index (χ2n) is 6.30. The Hall–Kier alpha value is -1.03. The summed E-state index contributed by atoms with van der Waals surface area (Å²) < 4.78 is 5.75. The Morgan fingerprint density at radius 3 is 2.70 bits per heavy atom. The summed E-state index contributed by atoms with van der Waals surface area (Å²) in [4.78, 5) is 12.9. The molecule has 1 aromatic rings. The second kappa shape index (κ2) is 9.31. The molecule has 0 aliphatic heterocycles. The van der Waals surface area contributed by atoms with E-state index < -0.39 is 0 Å². The van der Waals surface area contributed by atoms with Crippen LogP contribution in [0.2, 0.25) is 0 Å². The van der Waals surface area contributed by atoms with Gasteiger partial charge in [-0.3, -0.25) is 4.79 Å². The number of benzene rings is 1. The summed E-state index contributed by atoms with van der Waals surface area (Å²) in [5.41, 5.74) is 2.03. The molecule has 0 spiro atoms. The normalized spacial score (nSPS) is 16.8. The van der Waals surface area contributed by atoms with Crippen molar-refractivity contribution < 1.29 is 9.53 Å². The third kappa shape index (κ3) is 5.52. The number of carbonyl (C=O) groups excluding carboxylic acids is 1. The first-order valence-electron chi connectivity index (χ1n) is 8.84. The highest BCUT2D eigenvalue weighted by atomic mass is 79.9. The molecule has 128 valence electrons. The molecule has 1 fully saturated rings. The number of carbonyl (C=O) groups is 1. The number of nitrogens with one attached hydrogen (secondary N) is 1. The van der Waals surface area contributed by atoms with Crippen LogP contribution in [0.15, 0.2) is 18.2 Å². The van der Waals surface area contributed by atoms with Gasteiger partial charge in [0.15, 0.2) is 0 Å². The Morgan fingerprint density at radius 2 is 2.04 bits per heavy atom. The van der Waals surface area contributed by atoms with Crippen LogP contribution in [-0.2, 0) is 11.2 Å². The molecule has 0 aromatic heterocycles. The maximum absolute atomic E-state index is 12.5. The van der Waals surface area contributed by atoms with Crippen molar-refractivity contribution in [1.29, 1.82) is 0 Å². The molecule has 1 unspecified atom stereocenters. The van der Waals surface area contributed by atoms with Gasteiger partial charge in [-0.05, 0) is 50.3 Å². The zero-order chi connectivity index (χ0) is 16.7. The van der Waals surface area contributed by atoms with E-state index in [1.165, 1.54) is 24.8 Å². The summed E-state index contributed by atoms with van der Waals surface area (Å²) in [6.45, 7) is 4.74. The summed E-state index contributed by atoms with van der Waals surface area (Å²) in [7, 11) is 0. The van der Waals surface area contributed by atoms with Gasteiger partial charge in [-0.2, -0.15) is 0 Å². The fraction of sp³-hybridized carbons (Fsp3) is 0.632. The zero-order valence-corrected chi connectivity index (χ0v) is 15.8. The number of rotatable bonds is 7. The molecule has 4 heteroatoms. The van der Waals surface area contributed by atoms with E-state index in [0.717, 1.165) is 37.1 Å². The number of halogens is 1. The van der Waals surface area contributed by atoms with E-state index in [-0.39, 0.29) is 11.8 Å². The third-order valence-corrected chi connectivity index (χ3v) is 5.45. The summed E-state index contributed by atoms with van der Waals surface area (Å²) in [5, 5.41) is 3.08. The van der Waals surface area contributed by atoms with Crippen molar-refractivity contribution in [2.75, 3.05) is 11.9 Å². The molecule has 1 atom stereocenters. The minimum Gasteiger partial charge on any atom is -0.492 e. The lowest BCUT2D eigenvalue weighted by molar-refractivity contribution is -0.120. The van der Waals surface area contributed by atoms with E-state index in [0.29, 0.717) is 11.4 Å². The van der Waals surface area contributed by atoms with Crippen molar-refractivity contribution in [3.05, 3.63) is 23.8 Å². The number of ether oxygens (including phenoxy) is 1. The van der Waals surface area contributed by atoms with Gasteiger partial charge in [-0.15, -0.1) is 0 Å². The topological polar surface area (TPSA) is 38.3 Å². The average molecular weight is 382 g/mol. The monoisotopic (exact) mass is 381 g/mol. The van der Waals surface area contributed by atoms with Crippen LogP contribution < -0.4 is 10.1 Å². The molecule has 0 radical (unpaired) electrons. The smallest absolute Gasteiger partial charge is 0.227 e. The summed E-state index contributed by atoms with van der Waals surface area (Å²) in [6.07, 6.45) is 7.66. The lowest BCUT2D eigenvalue weighted by Crippen LogP contribution is -2.25. The molecule has 1 aliphatic carbocycles. The van der Waals surface area contributed by atoms with Crippen LogP contribution in [0.1, 0.15) is 57.9 Å². The van der Waals surface area contributed by atoms with Crippen LogP contribution in [0, 0.1) is 5.92 Å². The van der Waals surface area contributed by atoms with Gasteiger partial charge in [0.25, 0.3) is 0 Å². The minimum absolute atomic E-state index is 0.144. The molecule has 1 saturated carbocycles. The van der Waals surface area contributed by atoms with Crippen LogP contribution in [0.4, 0.5) is 5.69 Å². The van der Waals surface area contributed by atoms with Crippen LogP contribution in [0.5, 0.6) is 5.75 Å². The standard InChI is InChI=1S/C19H28BrNO2/c1-3-16(20)12-14-10-11-17(18(13-14)23-4-2)21-19(22)15-8-6-5-7-9-15/h10-11,13,15-16H,3-9,12H2,1-2H3,(H,21,22). The van der Waals surface area contributed by atoms with Gasteiger partial charge in [0.1, 0.15) is 5.75 Å². The fourth-order valence-corrected chi connectivity index (χ4v) is 3.45. The first-order chi connectivity index (χ1) is 11.1. The lowest BCUT2D eigenvalue weighted by Gasteiger charge is -2.22. The Labute approximate surface area is 148 Å². The molecular formula is C19H28BrNO2. The quantitative estimate of drug-likeness (QED) is 0.648. The first-order valence-corrected chi connectivity index (χ1v) is 9.76. The highest BCUT2D eigenvalue weighted by Gasteiger charge is 2.22. The van der Waals surface area contributed by atoms with Gasteiger partial charge >= 0.3 is 0 Å². The van der Waals surface area contributed by atoms with Gasteiger partial charge in [-0.1, -0.05) is 48.2 Å². The van der Waals surface area contributed by atoms with E-state index in [1.54, 1.807) is 0 Å². The SMILES string of the molecule is CCOc1cc(CC(Br)CC)ccc1NC(=O)C1CCCCC1. The van der Waals surface area contributed by atoms with E-state index >= 15 is 0 Å². The predicted octanol–water partition coefficient (Wildman–Crippen LogP) is 5.32. The molecule has 0 saturated heterocycles. The molecular weight excluding hydrogens is 354 g/mol. The fourth-order valence-electron chi connectivity index (χ4n) is 3.07. The molecule has 23 heavy (non-hydrogen) atoms. The van der Waals surface area contributed by atoms with Crippen molar-refractivity contribution in [2.24, 2.45) is 5.92 Å². The highest BCUT2D eigenvalue weighted by Crippen LogP contribution is 2.30. The molecule has 0 heterocycles. The summed E-state index contributed by atoms with van der Waals surface area (Å²) in [6, 6.07) is 6.13. The van der Waals surface area contributed by atoms with Crippen LogP contribution >= 0.6 is 15.9 Å². The van der Waals surface area contributed by atoms with Gasteiger partial charge < -0.3 is 10.1 Å². The number of hydrogen-bond donors (Lipinski definition) is 1. The van der Waals surface area contributed by atoms with Gasteiger partial charge in [0.05, 0.1) is 12.3 Å². The Bertz CT molecular complexity index is 512. The van der Waals surface area contributed by atoms with Crippen molar-refractivity contribution >= 4 is 27.5 Å². The second-order valence-corrected chi connectivity index (χ2v) is 7.59. The Kier molecular flexibility index (Phi) is 7.41. The van der Waals surface area contributed by atoms with Crippen LogP contribution in [0.25, 0.3) is 0 Å². The minimum atomic E-state index is 0.144. The van der Waals surface area contributed by atoms with E-state index in [2.05, 4.69) is 40.3 Å². The third-order valence-electron chi connectivity index (χ3n) is 4.48. The van der Waals surface area contributed by atoms with Gasteiger partial charge in [0, 0.05) is 10.7 Å². The van der Waals surface area contributed by atoms with Crippen molar-refractivity contribution in [1.82, 2.24) is 0 Å². The van der Waals surface area contributed by atoms with Crippen LogP contribution in [-0.4, -0.2) is 17.3 Å². The van der Waals surface area contributed by atoms with Crippen molar-refractivity contribution in [3.63, 3.8) is 0 Å². The predicted molar refractivity (Wildman–Crippen MR) is 99.5 cm³/mol. The number of hydrogen-bond acceptors (Lipinski definition) is 2. The van der Waals surface area contributed by atoms with Crippen molar-refractivity contribution in [3.8, 4) is 5.75 Å². The number of anilines is 1. The van der Waals surface area contributed by atoms with E-state index in [1.807, 2.05) is 13.0 Å². The van der Waals surface area contributed by atoms with Gasteiger partial charge in [0.2, 0.25) is 5.91 Å². The molecule has 0 bridgehead atoms. The molecule has 2 rings (SSSR count). The summed E-state index contributed by atoms with van der Waals surface area (Å²) >= 11 is 3.68. The van der Waals surface area contributed by atoms with Crippen molar-refractivity contribution in [2.45, 2.75) is 63.6 Å². The van der Waals surface area contributed by atoms with Gasteiger partial charge in [-0.25, -0.2) is 0 Å². The largest absolute Gasteiger partial charge is 0.492 e. The molecule has 1 N–H and O–H groups in total. The average Bonchev–Trinajstić information content (AvgIpc) is 2.58. The highest BCUT2D eigenvalue weighted by molar-refractivity contribution is 9.09. The Morgan fingerprint density at radius 1 is 1.30 bits per heavy atom. The Balaban J connectivity index is 2.08. The van der Waals surface area contributed by atoms with E-state index in [9.17, 15) is 4.79 Å². The van der Waals surface area contributed by atoms with Crippen LogP contribution in [0.3, 0.4) is 0 Å². The maximum atomic E-state index is 12.5. The molecule has 1 aromatic carbocycles. The molecule has 3 nitrogen and oxygen atoms in total. The number of amides is 1.